The Morgan fingerprint density at radius 3 is 2.39 bits per heavy atom. The minimum atomic E-state index is -3.90. The zero-order valence-corrected chi connectivity index (χ0v) is 19.5. The standard InChI is InChI=1S/C23H18ClN3O4S2/c24-21-11-6-17(15-20(21)23-12-5-16-3-1-2-4-22(16)25-23)26-33(30,31)19-9-7-18(8-10-19)27-13-14-32(27,28)29/h1-12,15,26H,13-14H2. The molecule has 33 heavy (non-hydrogen) atoms. The molecule has 0 radical (unpaired) electrons. The molecule has 4 aromatic rings. The van der Waals surface area contributed by atoms with Crippen LogP contribution in [0.3, 0.4) is 0 Å². The van der Waals surface area contributed by atoms with Crippen LogP contribution in [0.4, 0.5) is 11.4 Å². The number of nitrogens with zero attached hydrogens (tertiary/aromatic N) is 2. The molecule has 5 rings (SSSR count). The quantitative estimate of drug-likeness (QED) is 0.436. The summed E-state index contributed by atoms with van der Waals surface area (Å²) in [5.74, 6) is 0.0968. The molecule has 0 amide bonds. The van der Waals surface area contributed by atoms with Gasteiger partial charge in [0.25, 0.3) is 10.0 Å². The highest BCUT2D eigenvalue weighted by Gasteiger charge is 2.32. The summed E-state index contributed by atoms with van der Waals surface area (Å²) < 4.78 is 53.2. The smallest absolute Gasteiger partial charge is 0.261 e. The molecule has 2 heterocycles. The second kappa shape index (κ2) is 8.02. The number of aromatic nitrogens is 1. The fourth-order valence-corrected chi connectivity index (χ4v) is 6.00. The van der Waals surface area contributed by atoms with E-state index in [0.29, 0.717) is 34.2 Å². The zero-order valence-electron chi connectivity index (χ0n) is 17.1. The molecular formula is C23H18ClN3O4S2. The number of sulfonamides is 2. The SMILES string of the molecule is O=S(=O)(Nc1ccc(Cl)c(-c2ccc3ccccc3n2)c1)c1ccc(N2CCS2(=O)=O)cc1. The number of anilines is 2. The summed E-state index contributed by atoms with van der Waals surface area (Å²) in [5.41, 5.74) is 2.80. The molecule has 1 saturated heterocycles. The molecule has 0 unspecified atom stereocenters. The molecule has 0 bridgehead atoms. The topological polar surface area (TPSA) is 96.4 Å². The molecule has 7 nitrogen and oxygen atoms in total. The van der Waals surface area contributed by atoms with Gasteiger partial charge in [-0.15, -0.1) is 0 Å². The summed E-state index contributed by atoms with van der Waals surface area (Å²) in [6.45, 7) is 0.392. The average molecular weight is 500 g/mol. The minimum absolute atomic E-state index is 0.0181. The van der Waals surface area contributed by atoms with E-state index in [9.17, 15) is 16.8 Å². The molecule has 1 N–H and O–H groups in total. The maximum Gasteiger partial charge on any atom is 0.261 e. The van der Waals surface area contributed by atoms with Crippen molar-refractivity contribution in [2.75, 3.05) is 21.3 Å². The average Bonchev–Trinajstić information content (AvgIpc) is 2.79. The summed E-state index contributed by atoms with van der Waals surface area (Å²) in [4.78, 5) is 4.66. The van der Waals surface area contributed by atoms with Gasteiger partial charge in [-0.1, -0.05) is 35.9 Å². The van der Waals surface area contributed by atoms with Crippen LogP contribution in [0.5, 0.6) is 0 Å². The van der Waals surface area contributed by atoms with Crippen molar-refractivity contribution in [2.24, 2.45) is 0 Å². The number of rotatable bonds is 5. The number of pyridine rings is 1. The van der Waals surface area contributed by atoms with Gasteiger partial charge in [-0.05, 0) is 54.6 Å². The first kappa shape index (κ1) is 21.7. The van der Waals surface area contributed by atoms with E-state index < -0.39 is 20.0 Å². The maximum absolute atomic E-state index is 12.9. The van der Waals surface area contributed by atoms with E-state index in [4.69, 9.17) is 11.6 Å². The first-order valence-corrected chi connectivity index (χ1v) is 13.5. The summed E-state index contributed by atoms with van der Waals surface area (Å²) in [6, 6.07) is 22.0. The fourth-order valence-electron chi connectivity index (χ4n) is 3.63. The van der Waals surface area contributed by atoms with E-state index in [2.05, 4.69) is 9.71 Å². The van der Waals surface area contributed by atoms with Crippen molar-refractivity contribution in [1.29, 1.82) is 0 Å². The van der Waals surface area contributed by atoms with Crippen molar-refractivity contribution in [3.05, 3.63) is 83.9 Å². The maximum atomic E-state index is 12.9. The van der Waals surface area contributed by atoms with Crippen LogP contribution >= 0.6 is 11.6 Å². The van der Waals surface area contributed by atoms with Crippen LogP contribution in [0, 0.1) is 0 Å². The van der Waals surface area contributed by atoms with E-state index >= 15 is 0 Å². The Balaban J connectivity index is 1.43. The number of hydrogen-bond acceptors (Lipinski definition) is 5. The Morgan fingerprint density at radius 2 is 1.70 bits per heavy atom. The molecule has 1 fully saturated rings. The van der Waals surface area contributed by atoms with Crippen molar-refractivity contribution in [3.8, 4) is 11.3 Å². The van der Waals surface area contributed by atoms with Crippen LogP contribution in [0.15, 0.2) is 83.8 Å². The Hall–Kier alpha value is -3.14. The van der Waals surface area contributed by atoms with Crippen molar-refractivity contribution < 1.29 is 16.8 Å². The van der Waals surface area contributed by atoms with Gasteiger partial charge < -0.3 is 0 Å². The summed E-state index contributed by atoms with van der Waals surface area (Å²) in [5, 5.41) is 1.43. The number of fused-ring (bicyclic) bond motifs is 1. The first-order chi connectivity index (χ1) is 15.7. The van der Waals surface area contributed by atoms with Gasteiger partial charge in [0.15, 0.2) is 0 Å². The third-order valence-corrected chi connectivity index (χ3v) is 8.91. The molecule has 10 heteroatoms. The highest BCUT2D eigenvalue weighted by atomic mass is 35.5. The lowest BCUT2D eigenvalue weighted by atomic mass is 10.1. The Kier molecular flexibility index (Phi) is 5.27. The Morgan fingerprint density at radius 1 is 0.939 bits per heavy atom. The van der Waals surface area contributed by atoms with Gasteiger partial charge in [-0.2, -0.15) is 0 Å². The summed E-state index contributed by atoms with van der Waals surface area (Å²) in [7, 11) is -7.17. The summed E-state index contributed by atoms with van der Waals surface area (Å²) >= 11 is 6.39. The van der Waals surface area contributed by atoms with Gasteiger partial charge in [0, 0.05) is 23.2 Å². The van der Waals surface area contributed by atoms with E-state index in [1.54, 1.807) is 18.2 Å². The van der Waals surface area contributed by atoms with Crippen molar-refractivity contribution in [1.82, 2.24) is 4.98 Å². The molecule has 0 spiro atoms. The largest absolute Gasteiger partial charge is 0.280 e. The molecule has 3 aromatic carbocycles. The normalized spacial score (nSPS) is 15.2. The highest BCUT2D eigenvalue weighted by Crippen LogP contribution is 2.32. The Bertz CT molecular complexity index is 1590. The van der Waals surface area contributed by atoms with E-state index in [-0.39, 0.29) is 10.6 Å². The lowest BCUT2D eigenvalue weighted by Gasteiger charge is -2.32. The van der Waals surface area contributed by atoms with Crippen LogP contribution in [0.1, 0.15) is 0 Å². The van der Waals surface area contributed by atoms with Crippen molar-refractivity contribution >= 4 is 53.9 Å². The first-order valence-electron chi connectivity index (χ1n) is 10.0. The summed E-state index contributed by atoms with van der Waals surface area (Å²) in [6.07, 6.45) is 0. The Labute approximate surface area is 196 Å². The molecule has 0 saturated carbocycles. The van der Waals surface area contributed by atoms with E-state index in [1.807, 2.05) is 36.4 Å². The van der Waals surface area contributed by atoms with Gasteiger partial charge in [-0.25, -0.2) is 21.8 Å². The van der Waals surface area contributed by atoms with Gasteiger partial charge >= 0.3 is 0 Å². The number of halogens is 1. The third kappa shape index (κ3) is 4.15. The molecule has 1 aliphatic rings. The molecule has 168 valence electrons. The van der Waals surface area contributed by atoms with E-state index in [1.165, 1.54) is 28.6 Å². The predicted octanol–water partition coefficient (Wildman–Crippen LogP) is 4.51. The third-order valence-electron chi connectivity index (χ3n) is 5.42. The lowest BCUT2D eigenvalue weighted by Crippen LogP contribution is -2.47. The fraction of sp³-hybridized carbons (Fsp3) is 0.0870. The zero-order chi connectivity index (χ0) is 23.2. The van der Waals surface area contributed by atoms with Crippen LogP contribution < -0.4 is 9.03 Å². The second-order valence-corrected chi connectivity index (χ2v) is 11.7. The van der Waals surface area contributed by atoms with Gasteiger partial charge in [0.05, 0.1) is 32.6 Å². The van der Waals surface area contributed by atoms with E-state index in [0.717, 1.165) is 10.9 Å². The molecular weight excluding hydrogens is 482 g/mol. The molecule has 1 aromatic heterocycles. The predicted molar refractivity (Wildman–Crippen MR) is 131 cm³/mol. The highest BCUT2D eigenvalue weighted by molar-refractivity contribution is 7.94. The number of hydrogen-bond donors (Lipinski definition) is 1. The van der Waals surface area contributed by atoms with Crippen LogP contribution in [-0.2, 0) is 20.0 Å². The van der Waals surface area contributed by atoms with Crippen molar-refractivity contribution in [2.45, 2.75) is 4.90 Å². The molecule has 0 aliphatic carbocycles. The van der Waals surface area contributed by atoms with Gasteiger partial charge in [-0.3, -0.25) is 9.03 Å². The molecule has 0 atom stereocenters. The van der Waals surface area contributed by atoms with Crippen LogP contribution in [-0.4, -0.2) is 34.1 Å². The monoisotopic (exact) mass is 499 g/mol. The number of benzene rings is 3. The van der Waals surface area contributed by atoms with Crippen LogP contribution in [0.2, 0.25) is 5.02 Å². The molecule has 1 aliphatic heterocycles. The van der Waals surface area contributed by atoms with Crippen molar-refractivity contribution in [3.63, 3.8) is 0 Å². The van der Waals surface area contributed by atoms with Gasteiger partial charge in [0.1, 0.15) is 0 Å². The lowest BCUT2D eigenvalue weighted by molar-refractivity contribution is 0.578. The van der Waals surface area contributed by atoms with Crippen LogP contribution in [0.25, 0.3) is 22.2 Å². The second-order valence-electron chi connectivity index (χ2n) is 7.57. The minimum Gasteiger partial charge on any atom is -0.280 e. The number of para-hydroxylation sites is 1. The number of nitrogens with one attached hydrogen (secondary N) is 1. The van der Waals surface area contributed by atoms with Gasteiger partial charge in [0.2, 0.25) is 10.0 Å².